The van der Waals surface area contributed by atoms with Gasteiger partial charge in [-0.25, -0.2) is 4.98 Å². The lowest BCUT2D eigenvalue weighted by molar-refractivity contribution is 0.101. The number of nitrogens with zero attached hydrogens (tertiary/aromatic N) is 3. The summed E-state index contributed by atoms with van der Waals surface area (Å²) in [6.45, 7) is 6.51. The van der Waals surface area contributed by atoms with Gasteiger partial charge < -0.3 is 10.3 Å². The molecule has 2 heterocycles. The molecule has 1 aromatic heterocycles. The normalized spacial score (nSPS) is 19.1. The number of aromatic nitrogens is 2. The van der Waals surface area contributed by atoms with Crippen molar-refractivity contribution in [3.8, 4) is 11.3 Å². The van der Waals surface area contributed by atoms with Gasteiger partial charge in [-0.15, -0.1) is 0 Å². The molecule has 1 saturated heterocycles. The van der Waals surface area contributed by atoms with Gasteiger partial charge in [0.05, 0.1) is 11.0 Å². The molecule has 0 unspecified atom stereocenters. The van der Waals surface area contributed by atoms with Crippen LogP contribution in [0.1, 0.15) is 57.9 Å². The van der Waals surface area contributed by atoms with Gasteiger partial charge in [-0.2, -0.15) is 0 Å². The van der Waals surface area contributed by atoms with Crippen LogP contribution in [0.25, 0.3) is 22.3 Å². The minimum atomic E-state index is -0.0901. The first-order chi connectivity index (χ1) is 16.0. The van der Waals surface area contributed by atoms with E-state index in [1.807, 2.05) is 41.0 Å². The summed E-state index contributed by atoms with van der Waals surface area (Å²) in [5, 5.41) is 7.72. The molecule has 6 heteroatoms. The van der Waals surface area contributed by atoms with Gasteiger partial charge in [0.2, 0.25) is 0 Å². The summed E-state index contributed by atoms with van der Waals surface area (Å²) >= 11 is 0. The zero-order chi connectivity index (χ0) is 23.4. The first-order valence-corrected chi connectivity index (χ1v) is 12.2. The third-order valence-electron chi connectivity index (χ3n) is 6.97. The minimum Gasteiger partial charge on any atom is -0.384 e. The van der Waals surface area contributed by atoms with Gasteiger partial charge in [0.15, 0.2) is 0 Å². The number of aryl methyl sites for hydroxylation is 1. The van der Waals surface area contributed by atoms with Gasteiger partial charge in [-0.05, 0) is 64.3 Å². The van der Waals surface area contributed by atoms with Crippen molar-refractivity contribution in [3.05, 3.63) is 64.4 Å². The van der Waals surface area contributed by atoms with Crippen molar-refractivity contribution >= 4 is 16.9 Å². The second-order valence-corrected chi connectivity index (χ2v) is 9.33. The quantitative estimate of drug-likeness (QED) is 0.297. The largest absolute Gasteiger partial charge is 0.384 e. The molecular formula is C27H35N5O. The number of fused-ring (bicyclic) bond motifs is 1. The Morgan fingerprint density at radius 3 is 2.52 bits per heavy atom. The molecule has 0 radical (unpaired) electrons. The molecule has 2 atom stereocenters. The summed E-state index contributed by atoms with van der Waals surface area (Å²) in [7, 11) is 0. The van der Waals surface area contributed by atoms with E-state index in [9.17, 15) is 4.79 Å². The Labute approximate surface area is 196 Å². The molecule has 4 rings (SSSR count). The molecule has 0 spiro atoms. The fourth-order valence-electron chi connectivity index (χ4n) is 5.09. The Morgan fingerprint density at radius 2 is 1.76 bits per heavy atom. The van der Waals surface area contributed by atoms with Crippen molar-refractivity contribution in [3.63, 3.8) is 0 Å². The van der Waals surface area contributed by atoms with Crippen LogP contribution in [0.4, 0.5) is 0 Å². The van der Waals surface area contributed by atoms with Crippen LogP contribution in [0, 0.1) is 5.41 Å². The second-order valence-electron chi connectivity index (χ2n) is 9.33. The standard InChI is InChI=1S/C27H35N5O/c1-19-10-8-11-20(2)31(19)16-6-3-7-17-32-24-15-5-4-14-23(24)30-25(27(32)33)21-12-9-13-22(18-21)26(28)29/h4-5,9,12-15,18-20H,3,6-8,10-11,16-17H2,1-2H3,(H3,28,29)/t19-,20+. The summed E-state index contributed by atoms with van der Waals surface area (Å²) < 4.78 is 1.87. The molecule has 3 aromatic rings. The third kappa shape index (κ3) is 5.17. The maximum absolute atomic E-state index is 13.5. The maximum atomic E-state index is 13.5. The smallest absolute Gasteiger partial charge is 0.277 e. The number of rotatable bonds is 8. The number of hydrogen-bond acceptors (Lipinski definition) is 4. The Kier molecular flexibility index (Phi) is 7.23. The Morgan fingerprint density at radius 1 is 1.03 bits per heavy atom. The van der Waals surface area contributed by atoms with Crippen LogP contribution in [-0.4, -0.2) is 38.9 Å². The van der Waals surface area contributed by atoms with Crippen LogP contribution in [0.3, 0.4) is 0 Å². The van der Waals surface area contributed by atoms with Crippen LogP contribution < -0.4 is 11.3 Å². The van der Waals surface area contributed by atoms with Crippen LogP contribution in [0.5, 0.6) is 0 Å². The Bertz CT molecular complexity index is 1170. The molecule has 33 heavy (non-hydrogen) atoms. The van der Waals surface area contributed by atoms with E-state index in [0.29, 0.717) is 35.4 Å². The molecule has 6 nitrogen and oxygen atoms in total. The highest BCUT2D eigenvalue weighted by atomic mass is 16.1. The molecule has 1 aliphatic rings. The summed E-state index contributed by atoms with van der Waals surface area (Å²) in [6.07, 6.45) is 7.15. The maximum Gasteiger partial charge on any atom is 0.277 e. The number of likely N-dealkylation sites (tertiary alicyclic amines) is 1. The lowest BCUT2D eigenvalue weighted by Gasteiger charge is -2.39. The van der Waals surface area contributed by atoms with Gasteiger partial charge in [-0.1, -0.05) is 43.2 Å². The summed E-state index contributed by atoms with van der Waals surface area (Å²) in [5.74, 6) is -0.0182. The molecule has 174 valence electrons. The van der Waals surface area contributed by atoms with E-state index in [-0.39, 0.29) is 11.4 Å². The van der Waals surface area contributed by atoms with E-state index in [0.717, 1.165) is 36.8 Å². The molecule has 3 N–H and O–H groups in total. The van der Waals surface area contributed by atoms with Crippen LogP contribution in [-0.2, 0) is 6.54 Å². The summed E-state index contributed by atoms with van der Waals surface area (Å²) in [4.78, 5) is 20.8. The highest BCUT2D eigenvalue weighted by molar-refractivity contribution is 5.96. The Hall–Kier alpha value is -2.99. The van der Waals surface area contributed by atoms with Crippen molar-refractivity contribution in [1.82, 2.24) is 14.5 Å². The van der Waals surface area contributed by atoms with Gasteiger partial charge in [-0.3, -0.25) is 15.1 Å². The lowest BCUT2D eigenvalue weighted by Crippen LogP contribution is -2.44. The number of nitrogens with one attached hydrogen (secondary N) is 1. The number of piperidine rings is 1. The molecule has 0 aliphatic carbocycles. The number of nitrogens with two attached hydrogens (primary N) is 1. The molecule has 0 bridgehead atoms. The highest BCUT2D eigenvalue weighted by Gasteiger charge is 2.23. The predicted octanol–water partition coefficient (Wildman–Crippen LogP) is 4.78. The third-order valence-corrected chi connectivity index (χ3v) is 6.97. The molecule has 1 fully saturated rings. The molecule has 1 aliphatic heterocycles. The molecular weight excluding hydrogens is 410 g/mol. The van der Waals surface area contributed by atoms with Crippen molar-refractivity contribution in [2.75, 3.05) is 6.54 Å². The van der Waals surface area contributed by atoms with Crippen molar-refractivity contribution in [1.29, 1.82) is 5.41 Å². The number of nitrogen functional groups attached to an aromatic ring is 1. The van der Waals surface area contributed by atoms with Gasteiger partial charge >= 0.3 is 0 Å². The fraction of sp³-hybridized carbons (Fsp3) is 0.444. The van der Waals surface area contributed by atoms with E-state index in [2.05, 4.69) is 23.7 Å². The number of hydrogen-bond donors (Lipinski definition) is 2. The topological polar surface area (TPSA) is 88.0 Å². The predicted molar refractivity (Wildman–Crippen MR) is 136 cm³/mol. The minimum absolute atomic E-state index is 0.0182. The van der Waals surface area contributed by atoms with E-state index in [1.54, 1.807) is 12.1 Å². The highest BCUT2D eigenvalue weighted by Crippen LogP contribution is 2.23. The average Bonchev–Trinajstić information content (AvgIpc) is 2.81. The van der Waals surface area contributed by atoms with Crippen molar-refractivity contribution in [2.45, 2.75) is 71.0 Å². The number of amidine groups is 1. The lowest BCUT2D eigenvalue weighted by atomic mass is 9.97. The molecule has 0 amide bonds. The van der Waals surface area contributed by atoms with Crippen LogP contribution in [0.2, 0.25) is 0 Å². The number of para-hydroxylation sites is 2. The number of unbranched alkanes of at least 4 members (excludes halogenated alkanes) is 2. The number of benzene rings is 2. The monoisotopic (exact) mass is 445 g/mol. The van der Waals surface area contributed by atoms with E-state index < -0.39 is 0 Å². The van der Waals surface area contributed by atoms with Crippen molar-refractivity contribution in [2.24, 2.45) is 5.73 Å². The van der Waals surface area contributed by atoms with Crippen LogP contribution >= 0.6 is 0 Å². The van der Waals surface area contributed by atoms with Crippen molar-refractivity contribution < 1.29 is 0 Å². The average molecular weight is 446 g/mol. The van der Waals surface area contributed by atoms with Gasteiger partial charge in [0.1, 0.15) is 11.5 Å². The first kappa shape index (κ1) is 23.2. The fourth-order valence-corrected chi connectivity index (χ4v) is 5.09. The van der Waals surface area contributed by atoms with Gasteiger partial charge in [0.25, 0.3) is 5.56 Å². The molecule has 2 aromatic carbocycles. The van der Waals surface area contributed by atoms with E-state index >= 15 is 0 Å². The first-order valence-electron chi connectivity index (χ1n) is 12.2. The summed E-state index contributed by atoms with van der Waals surface area (Å²) in [5.41, 5.74) is 8.94. The second kappa shape index (κ2) is 10.3. The van der Waals surface area contributed by atoms with E-state index in [1.165, 1.54) is 19.3 Å². The molecule has 0 saturated carbocycles. The van der Waals surface area contributed by atoms with E-state index in [4.69, 9.17) is 11.1 Å². The zero-order valence-electron chi connectivity index (χ0n) is 19.8. The SMILES string of the molecule is C[C@@H]1CCC[C@H](C)N1CCCCCn1c(=O)c(-c2cccc(C(=N)N)c2)nc2ccccc21. The zero-order valence-corrected chi connectivity index (χ0v) is 19.8. The summed E-state index contributed by atoms with van der Waals surface area (Å²) in [6, 6.07) is 16.4. The Balaban J connectivity index is 1.52. The van der Waals surface area contributed by atoms with Gasteiger partial charge in [0, 0.05) is 29.8 Å². The van der Waals surface area contributed by atoms with Crippen LogP contribution in [0.15, 0.2) is 53.3 Å².